The van der Waals surface area contributed by atoms with E-state index in [1.165, 1.54) is 22.6 Å². The predicted octanol–water partition coefficient (Wildman–Crippen LogP) is 3.35. The molecule has 1 aromatic carbocycles. The fourth-order valence-corrected chi connectivity index (χ4v) is 3.68. The topological polar surface area (TPSA) is 115 Å². The molecule has 1 amide bonds. The average Bonchev–Trinajstić information content (AvgIpc) is 3.51. The highest BCUT2D eigenvalue weighted by Gasteiger charge is 2.18. The third-order valence-corrected chi connectivity index (χ3v) is 5.22. The molecule has 4 aromatic rings. The number of nitriles is 1. The van der Waals surface area contributed by atoms with E-state index in [-0.39, 0.29) is 17.2 Å². The molecule has 0 spiro atoms. The fourth-order valence-electron chi connectivity index (χ4n) is 2.88. The summed E-state index contributed by atoms with van der Waals surface area (Å²) in [6.07, 6.45) is 3.01. The molecule has 0 aliphatic heterocycles. The lowest BCUT2D eigenvalue weighted by Gasteiger charge is -2.10. The van der Waals surface area contributed by atoms with Crippen molar-refractivity contribution in [1.82, 2.24) is 24.5 Å². The van der Waals surface area contributed by atoms with Crippen LogP contribution < -0.4 is 5.32 Å². The Morgan fingerprint density at radius 2 is 2.07 bits per heavy atom. The van der Waals surface area contributed by atoms with Gasteiger partial charge in [0.05, 0.1) is 23.9 Å². The summed E-state index contributed by atoms with van der Waals surface area (Å²) in [4.78, 5) is 12.6. The summed E-state index contributed by atoms with van der Waals surface area (Å²) >= 11 is 1.26. The molecular formula is C20H17N7O2S. The Morgan fingerprint density at radius 1 is 1.23 bits per heavy atom. The van der Waals surface area contributed by atoms with Crippen molar-refractivity contribution < 1.29 is 9.21 Å². The number of hydrogen-bond acceptors (Lipinski definition) is 7. The number of benzene rings is 1. The van der Waals surface area contributed by atoms with Gasteiger partial charge >= 0.3 is 0 Å². The van der Waals surface area contributed by atoms with Crippen LogP contribution in [0, 0.1) is 11.3 Å². The van der Waals surface area contributed by atoms with Crippen LogP contribution in [0.1, 0.15) is 12.5 Å². The van der Waals surface area contributed by atoms with Gasteiger partial charge in [0, 0.05) is 6.54 Å². The van der Waals surface area contributed by atoms with Gasteiger partial charge in [-0.25, -0.2) is 4.68 Å². The van der Waals surface area contributed by atoms with Gasteiger partial charge in [0.25, 0.3) is 0 Å². The number of nitrogens with one attached hydrogen (secondary N) is 1. The highest BCUT2D eigenvalue weighted by molar-refractivity contribution is 7.99. The number of amides is 1. The largest absolute Gasteiger partial charge is 0.461 e. The van der Waals surface area contributed by atoms with Crippen molar-refractivity contribution in [3.63, 3.8) is 0 Å². The lowest BCUT2D eigenvalue weighted by Crippen LogP contribution is -2.18. The van der Waals surface area contributed by atoms with Crippen LogP contribution in [-0.4, -0.2) is 36.2 Å². The summed E-state index contributed by atoms with van der Waals surface area (Å²) in [5.74, 6) is 1.38. The van der Waals surface area contributed by atoms with Gasteiger partial charge in [-0.2, -0.15) is 10.4 Å². The molecule has 0 unspecified atom stereocenters. The van der Waals surface area contributed by atoms with E-state index in [0.29, 0.717) is 29.1 Å². The molecule has 0 bridgehead atoms. The molecule has 0 atom stereocenters. The van der Waals surface area contributed by atoms with Crippen LogP contribution in [0.15, 0.2) is 64.5 Å². The quantitative estimate of drug-likeness (QED) is 0.457. The number of nitrogens with zero attached hydrogens (tertiary/aromatic N) is 6. The van der Waals surface area contributed by atoms with Crippen molar-refractivity contribution in [2.45, 2.75) is 18.6 Å². The summed E-state index contributed by atoms with van der Waals surface area (Å²) < 4.78 is 8.81. The van der Waals surface area contributed by atoms with Crippen molar-refractivity contribution in [3.8, 4) is 23.3 Å². The lowest BCUT2D eigenvalue weighted by atomic mass is 10.3. The van der Waals surface area contributed by atoms with E-state index in [9.17, 15) is 10.1 Å². The summed E-state index contributed by atoms with van der Waals surface area (Å²) in [6.45, 7) is 2.60. The first-order chi connectivity index (χ1) is 14.7. The van der Waals surface area contributed by atoms with Gasteiger partial charge in [-0.15, -0.1) is 10.2 Å². The lowest BCUT2D eigenvalue weighted by molar-refractivity contribution is -0.113. The van der Waals surface area contributed by atoms with Gasteiger partial charge in [-0.3, -0.25) is 9.36 Å². The van der Waals surface area contributed by atoms with E-state index >= 15 is 0 Å². The molecule has 0 saturated carbocycles. The van der Waals surface area contributed by atoms with Crippen LogP contribution in [0.3, 0.4) is 0 Å². The van der Waals surface area contributed by atoms with Gasteiger partial charge in [-0.1, -0.05) is 30.0 Å². The summed E-state index contributed by atoms with van der Waals surface area (Å²) in [6, 6.07) is 14.9. The minimum Gasteiger partial charge on any atom is -0.461 e. The zero-order valence-electron chi connectivity index (χ0n) is 16.0. The van der Waals surface area contributed by atoms with Gasteiger partial charge in [0.1, 0.15) is 11.6 Å². The molecule has 3 heterocycles. The first-order valence-corrected chi connectivity index (χ1v) is 10.1. The van der Waals surface area contributed by atoms with E-state index < -0.39 is 0 Å². The van der Waals surface area contributed by atoms with Crippen LogP contribution in [-0.2, 0) is 11.3 Å². The number of anilines is 1. The molecule has 150 valence electrons. The molecule has 0 aliphatic carbocycles. The molecule has 0 radical (unpaired) electrons. The maximum atomic E-state index is 12.6. The second-order valence-electron chi connectivity index (χ2n) is 6.13. The highest BCUT2D eigenvalue weighted by Crippen LogP contribution is 2.25. The van der Waals surface area contributed by atoms with E-state index in [2.05, 4.69) is 26.7 Å². The Balaban J connectivity index is 1.49. The molecule has 0 aliphatic rings. The summed E-state index contributed by atoms with van der Waals surface area (Å²) in [5, 5.41) is 25.3. The Morgan fingerprint density at radius 3 is 2.77 bits per heavy atom. The third-order valence-electron chi connectivity index (χ3n) is 4.26. The normalized spacial score (nSPS) is 10.7. The number of furan rings is 1. The minimum absolute atomic E-state index is 0.0983. The van der Waals surface area contributed by atoms with Crippen LogP contribution >= 0.6 is 11.8 Å². The van der Waals surface area contributed by atoms with E-state index in [1.807, 2.05) is 47.9 Å². The maximum absolute atomic E-state index is 12.6. The molecule has 4 rings (SSSR count). The number of rotatable bonds is 7. The standard InChI is InChI=1S/C20H17N7O2S/c1-2-26-19(16-9-6-10-29-16)24-25-20(26)30-13-17(28)23-18-14(11-21)12-22-27(18)15-7-4-3-5-8-15/h3-10,12H,2,13H2,1H3,(H,23,28). The number of carbonyl (C=O) groups excluding carboxylic acids is 1. The number of carbonyl (C=O) groups is 1. The van der Waals surface area contributed by atoms with E-state index in [0.717, 1.165) is 5.69 Å². The first kappa shape index (κ1) is 19.5. The van der Waals surface area contributed by atoms with Gasteiger partial charge in [-0.05, 0) is 31.2 Å². The summed E-state index contributed by atoms with van der Waals surface area (Å²) in [5.41, 5.74) is 1.03. The second-order valence-corrected chi connectivity index (χ2v) is 7.07. The van der Waals surface area contributed by atoms with Crippen LogP contribution in [0.4, 0.5) is 5.82 Å². The van der Waals surface area contributed by atoms with Crippen molar-refractivity contribution >= 4 is 23.5 Å². The molecule has 1 N–H and O–H groups in total. The molecule has 0 saturated heterocycles. The summed E-state index contributed by atoms with van der Waals surface area (Å²) in [7, 11) is 0. The van der Waals surface area contributed by atoms with Crippen LogP contribution in [0.2, 0.25) is 0 Å². The molecule has 30 heavy (non-hydrogen) atoms. The number of hydrogen-bond donors (Lipinski definition) is 1. The van der Waals surface area contributed by atoms with Crippen molar-refractivity contribution in [3.05, 3.63) is 60.5 Å². The third kappa shape index (κ3) is 3.83. The van der Waals surface area contributed by atoms with Crippen molar-refractivity contribution in [2.75, 3.05) is 11.1 Å². The van der Waals surface area contributed by atoms with Crippen LogP contribution in [0.5, 0.6) is 0 Å². The van der Waals surface area contributed by atoms with Gasteiger partial charge in [0.2, 0.25) is 5.91 Å². The Bertz CT molecular complexity index is 1190. The first-order valence-electron chi connectivity index (χ1n) is 9.14. The van der Waals surface area contributed by atoms with Crippen LogP contribution in [0.25, 0.3) is 17.3 Å². The Labute approximate surface area is 176 Å². The minimum atomic E-state index is -0.278. The Hall–Kier alpha value is -3.84. The predicted molar refractivity (Wildman–Crippen MR) is 111 cm³/mol. The second kappa shape index (κ2) is 8.67. The number of aromatic nitrogens is 5. The van der Waals surface area contributed by atoms with E-state index in [4.69, 9.17) is 4.42 Å². The van der Waals surface area contributed by atoms with Crippen molar-refractivity contribution in [1.29, 1.82) is 5.26 Å². The molecule has 9 nitrogen and oxygen atoms in total. The van der Waals surface area contributed by atoms with Gasteiger partial charge < -0.3 is 9.73 Å². The smallest absolute Gasteiger partial charge is 0.236 e. The molecule has 10 heteroatoms. The zero-order chi connectivity index (χ0) is 20.9. The number of thioether (sulfide) groups is 1. The molecule has 3 aromatic heterocycles. The Kier molecular flexibility index (Phi) is 5.63. The zero-order valence-corrected chi connectivity index (χ0v) is 16.8. The monoisotopic (exact) mass is 419 g/mol. The van der Waals surface area contributed by atoms with Gasteiger partial charge in [0.15, 0.2) is 22.6 Å². The maximum Gasteiger partial charge on any atom is 0.236 e. The molecular weight excluding hydrogens is 402 g/mol. The average molecular weight is 419 g/mol. The highest BCUT2D eigenvalue weighted by atomic mass is 32.2. The van der Waals surface area contributed by atoms with E-state index in [1.54, 1.807) is 12.3 Å². The molecule has 0 fully saturated rings. The number of para-hydroxylation sites is 1. The SMILES string of the molecule is CCn1c(SCC(=O)Nc2c(C#N)cnn2-c2ccccc2)nnc1-c1ccco1. The van der Waals surface area contributed by atoms with Crippen molar-refractivity contribution in [2.24, 2.45) is 0 Å². The fraction of sp³-hybridized carbons (Fsp3) is 0.150.